The Kier molecular flexibility index (Phi) is 6.93. The van der Waals surface area contributed by atoms with Gasteiger partial charge in [0, 0.05) is 38.6 Å². The number of anilines is 3. The third kappa shape index (κ3) is 4.99. The van der Waals surface area contributed by atoms with Crippen molar-refractivity contribution in [2.24, 2.45) is 0 Å². The molecule has 0 fully saturated rings. The molecule has 0 bridgehead atoms. The fourth-order valence-electron chi connectivity index (χ4n) is 9.01. The lowest BCUT2D eigenvalue weighted by Gasteiger charge is -2.27. The fourth-order valence-corrected chi connectivity index (χ4v) is 9.01. The van der Waals surface area contributed by atoms with Crippen LogP contribution in [0.1, 0.15) is 0 Å². The lowest BCUT2D eigenvalue weighted by Crippen LogP contribution is -2.10. The molecular weight excluding hydrogens is 695 g/mol. The number of fused-ring (bicyclic) bond motifs is 11. The quantitative estimate of drug-likeness (QED) is 0.165. The maximum Gasteiger partial charge on any atom is 0.135 e. The molecular formula is C54H33NO2. The molecule has 10 aromatic carbocycles. The fraction of sp³-hybridized carbons (Fsp3) is 0. The Balaban J connectivity index is 1.10. The van der Waals surface area contributed by atoms with Gasteiger partial charge < -0.3 is 13.7 Å². The molecule has 0 unspecified atom stereocenters. The summed E-state index contributed by atoms with van der Waals surface area (Å²) in [6.45, 7) is 0. The normalized spacial score (nSPS) is 11.9. The van der Waals surface area contributed by atoms with E-state index < -0.39 is 0 Å². The second kappa shape index (κ2) is 12.5. The van der Waals surface area contributed by atoms with Crippen LogP contribution in [0.3, 0.4) is 0 Å². The molecule has 0 aliphatic carbocycles. The molecule has 57 heavy (non-hydrogen) atoms. The van der Waals surface area contributed by atoms with Gasteiger partial charge in [0.1, 0.15) is 22.3 Å². The Morgan fingerprint density at radius 2 is 0.772 bits per heavy atom. The van der Waals surface area contributed by atoms with Gasteiger partial charge in [-0.05, 0) is 115 Å². The largest absolute Gasteiger partial charge is 0.456 e. The van der Waals surface area contributed by atoms with E-state index in [9.17, 15) is 0 Å². The molecule has 0 N–H and O–H groups in total. The van der Waals surface area contributed by atoms with Gasteiger partial charge in [0.25, 0.3) is 0 Å². The molecule has 3 heteroatoms. The third-order valence-corrected chi connectivity index (χ3v) is 11.7. The van der Waals surface area contributed by atoms with Gasteiger partial charge in [-0.2, -0.15) is 0 Å². The molecule has 12 aromatic rings. The van der Waals surface area contributed by atoms with Crippen molar-refractivity contribution in [1.29, 1.82) is 0 Å². The van der Waals surface area contributed by atoms with Crippen molar-refractivity contribution < 1.29 is 8.83 Å². The highest BCUT2D eigenvalue weighted by atomic mass is 16.3. The minimum atomic E-state index is 0.869. The zero-order valence-corrected chi connectivity index (χ0v) is 30.8. The third-order valence-electron chi connectivity index (χ3n) is 11.7. The maximum atomic E-state index is 6.29. The Morgan fingerprint density at radius 1 is 0.263 bits per heavy atom. The van der Waals surface area contributed by atoms with Crippen molar-refractivity contribution in [3.05, 3.63) is 200 Å². The van der Waals surface area contributed by atoms with Crippen LogP contribution in [0.4, 0.5) is 17.1 Å². The van der Waals surface area contributed by atoms with Crippen LogP contribution < -0.4 is 4.90 Å². The van der Waals surface area contributed by atoms with Gasteiger partial charge in [0.15, 0.2) is 0 Å². The molecule has 0 saturated carbocycles. The highest BCUT2D eigenvalue weighted by Gasteiger charge is 2.20. The first-order valence-electron chi connectivity index (χ1n) is 19.4. The molecule has 0 aliphatic rings. The SMILES string of the molecule is c1ccc(-c2cc(N(c3ccc4oc5ccccc5c4c3)c3ccc4oc5ccccc5c4c3)ccc2-c2cccc3c2ccc2c4ccccc4ccc32)cc1. The van der Waals surface area contributed by atoms with Gasteiger partial charge in [-0.25, -0.2) is 0 Å². The van der Waals surface area contributed by atoms with Crippen LogP contribution in [0.2, 0.25) is 0 Å². The van der Waals surface area contributed by atoms with E-state index in [1.54, 1.807) is 0 Å². The molecule has 0 saturated heterocycles. The van der Waals surface area contributed by atoms with Crippen LogP contribution in [-0.4, -0.2) is 0 Å². The van der Waals surface area contributed by atoms with E-state index in [-0.39, 0.29) is 0 Å². The smallest absolute Gasteiger partial charge is 0.135 e. The Bertz CT molecular complexity index is 3420. The number of nitrogens with zero attached hydrogens (tertiary/aromatic N) is 1. The van der Waals surface area contributed by atoms with E-state index in [2.05, 4.69) is 181 Å². The first-order chi connectivity index (χ1) is 28.2. The average molecular weight is 728 g/mol. The van der Waals surface area contributed by atoms with E-state index in [1.165, 1.54) is 43.4 Å². The highest BCUT2D eigenvalue weighted by Crippen LogP contribution is 2.45. The summed E-state index contributed by atoms with van der Waals surface area (Å²) in [4.78, 5) is 2.36. The van der Waals surface area contributed by atoms with Crippen LogP contribution in [0.25, 0.3) is 98.4 Å². The Morgan fingerprint density at radius 3 is 1.49 bits per heavy atom. The summed E-state index contributed by atoms with van der Waals surface area (Å²) >= 11 is 0. The lowest BCUT2D eigenvalue weighted by atomic mass is 9.89. The number of rotatable bonds is 5. The highest BCUT2D eigenvalue weighted by molar-refractivity contribution is 6.20. The van der Waals surface area contributed by atoms with E-state index >= 15 is 0 Å². The van der Waals surface area contributed by atoms with Gasteiger partial charge in [-0.3, -0.25) is 0 Å². The predicted molar refractivity (Wildman–Crippen MR) is 239 cm³/mol. The summed E-state index contributed by atoms with van der Waals surface area (Å²) in [5.74, 6) is 0. The van der Waals surface area contributed by atoms with Crippen molar-refractivity contribution in [2.45, 2.75) is 0 Å². The van der Waals surface area contributed by atoms with E-state index in [0.717, 1.165) is 72.1 Å². The van der Waals surface area contributed by atoms with E-state index in [1.807, 2.05) is 24.3 Å². The topological polar surface area (TPSA) is 29.5 Å². The number of hydrogen-bond donors (Lipinski definition) is 0. The second-order valence-corrected chi connectivity index (χ2v) is 14.8. The molecule has 2 aromatic heterocycles. The number of benzene rings is 10. The van der Waals surface area contributed by atoms with Crippen molar-refractivity contribution in [3.63, 3.8) is 0 Å². The molecule has 3 nitrogen and oxygen atoms in total. The number of para-hydroxylation sites is 2. The van der Waals surface area contributed by atoms with Gasteiger partial charge in [0.2, 0.25) is 0 Å². The van der Waals surface area contributed by atoms with Crippen molar-refractivity contribution in [3.8, 4) is 22.3 Å². The monoisotopic (exact) mass is 727 g/mol. The summed E-state index contributed by atoms with van der Waals surface area (Å²) < 4.78 is 12.6. The lowest BCUT2D eigenvalue weighted by molar-refractivity contribution is 0.668. The van der Waals surface area contributed by atoms with Crippen molar-refractivity contribution in [2.75, 3.05) is 4.90 Å². The van der Waals surface area contributed by atoms with E-state index in [0.29, 0.717) is 0 Å². The zero-order chi connectivity index (χ0) is 37.5. The zero-order valence-electron chi connectivity index (χ0n) is 30.8. The minimum Gasteiger partial charge on any atom is -0.456 e. The first-order valence-corrected chi connectivity index (χ1v) is 19.4. The maximum absolute atomic E-state index is 6.29. The van der Waals surface area contributed by atoms with Gasteiger partial charge in [0.05, 0.1) is 0 Å². The Labute approximate surface area is 328 Å². The minimum absolute atomic E-state index is 0.869. The average Bonchev–Trinajstić information content (AvgIpc) is 3.84. The molecule has 0 aliphatic heterocycles. The van der Waals surface area contributed by atoms with Crippen LogP contribution >= 0.6 is 0 Å². The molecule has 0 radical (unpaired) electrons. The van der Waals surface area contributed by atoms with Crippen LogP contribution in [0.5, 0.6) is 0 Å². The summed E-state index contributed by atoms with van der Waals surface area (Å²) in [5.41, 5.74) is 11.3. The summed E-state index contributed by atoms with van der Waals surface area (Å²) in [7, 11) is 0. The van der Waals surface area contributed by atoms with Crippen LogP contribution in [0.15, 0.2) is 209 Å². The predicted octanol–water partition coefficient (Wildman–Crippen LogP) is 15.7. The Hall–Kier alpha value is -7.62. The molecule has 12 rings (SSSR count). The van der Waals surface area contributed by atoms with Gasteiger partial charge in [-0.1, -0.05) is 140 Å². The first kappa shape index (κ1) is 31.7. The molecule has 266 valence electrons. The van der Waals surface area contributed by atoms with Crippen LogP contribution in [-0.2, 0) is 0 Å². The number of furan rings is 2. The number of hydrogen-bond acceptors (Lipinski definition) is 3. The van der Waals surface area contributed by atoms with Crippen molar-refractivity contribution >= 4 is 93.3 Å². The van der Waals surface area contributed by atoms with Crippen molar-refractivity contribution in [1.82, 2.24) is 0 Å². The summed E-state index contributed by atoms with van der Waals surface area (Å²) in [6.07, 6.45) is 0. The second-order valence-electron chi connectivity index (χ2n) is 14.8. The van der Waals surface area contributed by atoms with Gasteiger partial charge in [-0.15, -0.1) is 0 Å². The van der Waals surface area contributed by atoms with Gasteiger partial charge >= 0.3 is 0 Å². The molecule has 0 atom stereocenters. The van der Waals surface area contributed by atoms with E-state index in [4.69, 9.17) is 8.83 Å². The molecule has 0 spiro atoms. The molecule has 0 amide bonds. The molecule has 2 heterocycles. The standard InChI is InChI=1S/C54H33NO2/c1-2-11-34(12-3-1)48-31-36(22-26-45(48)41-18-10-17-40-43-25-21-35-13-4-5-14-39(35)42(43)27-28-44(40)41)55(37-23-29-53-49(32-37)46-15-6-8-19-51(46)56-53)38-24-30-54-50(33-38)47-16-7-9-20-52(47)57-54/h1-33H. The van der Waals surface area contributed by atoms with Crippen LogP contribution in [0, 0.1) is 0 Å². The summed E-state index contributed by atoms with van der Waals surface area (Å²) in [6, 6.07) is 71.8. The summed E-state index contributed by atoms with van der Waals surface area (Å²) in [5, 5.41) is 11.9.